The zero-order valence-electron chi connectivity index (χ0n) is 11.3. The van der Waals surface area contributed by atoms with E-state index in [1.165, 1.54) is 0 Å². The van der Waals surface area contributed by atoms with Gasteiger partial charge in [0.2, 0.25) is 10.0 Å². The van der Waals surface area contributed by atoms with E-state index in [0.29, 0.717) is 31.0 Å². The lowest BCUT2D eigenvalue weighted by atomic mass is 10.2. The van der Waals surface area contributed by atoms with Crippen LogP contribution in [0.3, 0.4) is 0 Å². The van der Waals surface area contributed by atoms with Crippen molar-refractivity contribution >= 4 is 27.3 Å². The number of unbranched alkanes of at least 4 members (excludes halogenated alkanes) is 1. The maximum absolute atomic E-state index is 11.9. The third-order valence-electron chi connectivity index (χ3n) is 2.57. The van der Waals surface area contributed by atoms with E-state index in [0.717, 1.165) is 11.3 Å². The number of anilines is 1. The molecule has 0 fully saturated rings. The Morgan fingerprint density at radius 1 is 1.32 bits per heavy atom. The third kappa shape index (κ3) is 5.70. The van der Waals surface area contributed by atoms with Crippen LogP contribution in [0.5, 0.6) is 5.75 Å². The summed E-state index contributed by atoms with van der Waals surface area (Å²) in [6, 6.07) is 5.30. The molecular formula is C13H20ClNO3S. The van der Waals surface area contributed by atoms with Crippen LogP contribution in [-0.4, -0.2) is 26.7 Å². The Labute approximate surface area is 120 Å². The normalized spacial score (nSPS) is 11.3. The summed E-state index contributed by atoms with van der Waals surface area (Å²) in [5.41, 5.74) is 1.43. The van der Waals surface area contributed by atoms with Crippen LogP contribution in [0.1, 0.15) is 25.3 Å². The molecule has 108 valence electrons. The van der Waals surface area contributed by atoms with Gasteiger partial charge < -0.3 is 4.74 Å². The Morgan fingerprint density at radius 3 is 2.63 bits per heavy atom. The van der Waals surface area contributed by atoms with Gasteiger partial charge in [-0.1, -0.05) is 0 Å². The Hall–Kier alpha value is -0.940. The molecule has 0 saturated heterocycles. The van der Waals surface area contributed by atoms with Crippen LogP contribution < -0.4 is 9.46 Å². The van der Waals surface area contributed by atoms with Crippen molar-refractivity contribution in [3.05, 3.63) is 23.8 Å². The summed E-state index contributed by atoms with van der Waals surface area (Å²) in [4.78, 5) is 0. The molecule has 1 N–H and O–H groups in total. The predicted molar refractivity (Wildman–Crippen MR) is 79.7 cm³/mol. The number of hydrogen-bond donors (Lipinski definition) is 1. The zero-order chi connectivity index (χ0) is 14.3. The summed E-state index contributed by atoms with van der Waals surface area (Å²) in [5, 5.41) is 0. The standard InChI is InChI=1S/C13H20ClNO3S/c1-3-18-12-6-7-13(11(2)10-12)15-19(16,17)9-5-4-8-14/h6-7,10,15H,3-5,8-9H2,1-2H3. The molecule has 1 aromatic carbocycles. The molecule has 1 rings (SSSR count). The smallest absolute Gasteiger partial charge is 0.232 e. The number of ether oxygens (including phenoxy) is 1. The first-order valence-electron chi connectivity index (χ1n) is 6.28. The fourth-order valence-corrected chi connectivity index (χ4v) is 3.05. The summed E-state index contributed by atoms with van der Waals surface area (Å²) in [7, 11) is -3.30. The predicted octanol–water partition coefficient (Wildman–Crippen LogP) is 3.15. The van der Waals surface area contributed by atoms with E-state index in [1.807, 2.05) is 19.9 Å². The van der Waals surface area contributed by atoms with E-state index >= 15 is 0 Å². The Bertz CT molecular complexity index is 503. The van der Waals surface area contributed by atoms with Crippen molar-refractivity contribution in [3.63, 3.8) is 0 Å². The molecule has 6 heteroatoms. The van der Waals surface area contributed by atoms with E-state index in [-0.39, 0.29) is 5.75 Å². The van der Waals surface area contributed by atoms with Crippen LogP contribution in [0.2, 0.25) is 0 Å². The molecule has 0 aliphatic carbocycles. The minimum Gasteiger partial charge on any atom is -0.494 e. The Morgan fingerprint density at radius 2 is 2.05 bits per heavy atom. The molecule has 0 atom stereocenters. The van der Waals surface area contributed by atoms with Gasteiger partial charge in [-0.3, -0.25) is 4.72 Å². The molecule has 0 heterocycles. The van der Waals surface area contributed by atoms with E-state index < -0.39 is 10.0 Å². The highest BCUT2D eigenvalue weighted by atomic mass is 35.5. The molecule has 4 nitrogen and oxygen atoms in total. The van der Waals surface area contributed by atoms with Crippen LogP contribution in [0.15, 0.2) is 18.2 Å². The molecule has 0 unspecified atom stereocenters. The highest BCUT2D eigenvalue weighted by Crippen LogP contribution is 2.22. The van der Waals surface area contributed by atoms with Gasteiger partial charge in [0.1, 0.15) is 5.75 Å². The number of sulfonamides is 1. The highest BCUT2D eigenvalue weighted by Gasteiger charge is 2.11. The van der Waals surface area contributed by atoms with Gasteiger partial charge >= 0.3 is 0 Å². The number of benzene rings is 1. The first-order valence-corrected chi connectivity index (χ1v) is 8.47. The van der Waals surface area contributed by atoms with Crippen molar-refractivity contribution in [1.82, 2.24) is 0 Å². The van der Waals surface area contributed by atoms with Crippen LogP contribution in [0.4, 0.5) is 5.69 Å². The molecule has 0 aliphatic heterocycles. The topological polar surface area (TPSA) is 55.4 Å². The van der Waals surface area contributed by atoms with Crippen LogP contribution in [0.25, 0.3) is 0 Å². The Kier molecular flexibility index (Phi) is 6.45. The fraction of sp³-hybridized carbons (Fsp3) is 0.538. The number of rotatable bonds is 8. The number of halogens is 1. The molecule has 0 aromatic heterocycles. The van der Waals surface area contributed by atoms with Crippen LogP contribution >= 0.6 is 11.6 Å². The summed E-state index contributed by atoms with van der Waals surface area (Å²) in [6.45, 7) is 4.34. The summed E-state index contributed by atoms with van der Waals surface area (Å²) in [5.74, 6) is 1.31. The number of alkyl halides is 1. The molecule has 0 amide bonds. The van der Waals surface area contributed by atoms with Gasteiger partial charge in [-0.05, 0) is 50.5 Å². The monoisotopic (exact) mass is 305 g/mol. The molecule has 0 spiro atoms. The molecule has 0 radical (unpaired) electrons. The average molecular weight is 306 g/mol. The second-order valence-electron chi connectivity index (χ2n) is 4.23. The molecule has 0 saturated carbocycles. The van der Waals surface area contributed by atoms with Crippen molar-refractivity contribution in [1.29, 1.82) is 0 Å². The molecule has 0 aliphatic rings. The highest BCUT2D eigenvalue weighted by molar-refractivity contribution is 7.92. The first kappa shape index (κ1) is 16.1. The van der Waals surface area contributed by atoms with Gasteiger partial charge in [0, 0.05) is 5.88 Å². The van der Waals surface area contributed by atoms with Crippen molar-refractivity contribution in [2.45, 2.75) is 26.7 Å². The fourth-order valence-electron chi connectivity index (χ4n) is 1.61. The average Bonchev–Trinajstić information content (AvgIpc) is 2.33. The molecular weight excluding hydrogens is 286 g/mol. The van der Waals surface area contributed by atoms with Gasteiger partial charge in [0.05, 0.1) is 18.0 Å². The number of aryl methyl sites for hydroxylation is 1. The van der Waals surface area contributed by atoms with Gasteiger partial charge in [0.15, 0.2) is 0 Å². The van der Waals surface area contributed by atoms with Crippen LogP contribution in [-0.2, 0) is 10.0 Å². The van der Waals surface area contributed by atoms with Crippen molar-refractivity contribution < 1.29 is 13.2 Å². The van der Waals surface area contributed by atoms with Crippen molar-refractivity contribution in [3.8, 4) is 5.75 Å². The molecule has 1 aromatic rings. The molecule has 0 bridgehead atoms. The largest absolute Gasteiger partial charge is 0.494 e. The lowest BCUT2D eigenvalue weighted by Gasteiger charge is -2.12. The van der Waals surface area contributed by atoms with E-state index in [9.17, 15) is 8.42 Å². The summed E-state index contributed by atoms with van der Waals surface area (Å²) >= 11 is 5.53. The van der Waals surface area contributed by atoms with E-state index in [2.05, 4.69) is 4.72 Å². The zero-order valence-corrected chi connectivity index (χ0v) is 12.9. The third-order valence-corrected chi connectivity index (χ3v) is 4.20. The van der Waals surface area contributed by atoms with Crippen LogP contribution in [0, 0.1) is 6.92 Å². The quantitative estimate of drug-likeness (QED) is 0.593. The first-order chi connectivity index (χ1) is 8.98. The lowest BCUT2D eigenvalue weighted by Crippen LogP contribution is -2.17. The minimum atomic E-state index is -3.30. The Balaban J connectivity index is 2.71. The van der Waals surface area contributed by atoms with Gasteiger partial charge in [0.25, 0.3) is 0 Å². The second kappa shape index (κ2) is 7.60. The summed E-state index contributed by atoms with van der Waals surface area (Å²) < 4.78 is 31.7. The second-order valence-corrected chi connectivity index (χ2v) is 6.45. The summed E-state index contributed by atoms with van der Waals surface area (Å²) in [6.07, 6.45) is 1.26. The number of nitrogens with one attached hydrogen (secondary N) is 1. The van der Waals surface area contributed by atoms with Gasteiger partial charge in [-0.25, -0.2) is 8.42 Å². The van der Waals surface area contributed by atoms with E-state index in [4.69, 9.17) is 16.3 Å². The van der Waals surface area contributed by atoms with Crippen molar-refractivity contribution in [2.75, 3.05) is 23.0 Å². The van der Waals surface area contributed by atoms with Gasteiger partial charge in [-0.2, -0.15) is 0 Å². The van der Waals surface area contributed by atoms with E-state index in [1.54, 1.807) is 12.1 Å². The SMILES string of the molecule is CCOc1ccc(NS(=O)(=O)CCCCCl)c(C)c1. The van der Waals surface area contributed by atoms with Crippen molar-refractivity contribution in [2.24, 2.45) is 0 Å². The maximum atomic E-state index is 11.9. The lowest BCUT2D eigenvalue weighted by molar-refractivity contribution is 0.340. The van der Waals surface area contributed by atoms with Gasteiger partial charge in [-0.15, -0.1) is 11.6 Å². The minimum absolute atomic E-state index is 0.0897. The number of hydrogen-bond acceptors (Lipinski definition) is 3. The molecule has 19 heavy (non-hydrogen) atoms. The maximum Gasteiger partial charge on any atom is 0.232 e.